The van der Waals surface area contributed by atoms with Crippen LogP contribution in [-0.4, -0.2) is 12.2 Å². The molecule has 0 aliphatic heterocycles. The molecule has 0 radical (unpaired) electrons. The lowest BCUT2D eigenvalue weighted by Crippen LogP contribution is -2.36. The summed E-state index contributed by atoms with van der Waals surface area (Å²) in [5.41, 5.74) is 2.33. The second-order valence-electron chi connectivity index (χ2n) is 5.57. The van der Waals surface area contributed by atoms with E-state index in [9.17, 15) is 13.2 Å². The van der Waals surface area contributed by atoms with E-state index in [1.165, 1.54) is 5.56 Å². The molecule has 0 spiro atoms. The van der Waals surface area contributed by atoms with Gasteiger partial charge in [-0.3, -0.25) is 0 Å². The minimum Gasteiger partial charge on any atom is -0.310 e. The largest absolute Gasteiger partial charge is 0.391 e. The van der Waals surface area contributed by atoms with Crippen LogP contribution in [0.4, 0.5) is 13.2 Å². The lowest BCUT2D eigenvalue weighted by Gasteiger charge is -2.30. The van der Waals surface area contributed by atoms with Crippen LogP contribution in [0.1, 0.15) is 36.8 Å². The maximum Gasteiger partial charge on any atom is 0.391 e. The number of halogens is 4. The maximum atomic E-state index is 12.6. The quantitative estimate of drug-likeness (QED) is 0.812. The molecule has 0 bridgehead atoms. The minimum absolute atomic E-state index is 0.196. The summed E-state index contributed by atoms with van der Waals surface area (Å²) in [6, 6.07) is 6.34. The fourth-order valence-corrected chi connectivity index (χ4v) is 3.31. The molecule has 1 fully saturated rings. The Morgan fingerprint density at radius 2 is 1.85 bits per heavy atom. The van der Waals surface area contributed by atoms with Gasteiger partial charge in [0.1, 0.15) is 0 Å². The number of alkyl halides is 3. The Kier molecular flexibility index (Phi) is 5.13. The van der Waals surface area contributed by atoms with E-state index in [0.717, 1.165) is 10.0 Å². The molecular weight excluding hydrogens is 331 g/mol. The van der Waals surface area contributed by atoms with Crippen LogP contribution in [0.3, 0.4) is 0 Å². The number of rotatable bonds is 3. The van der Waals surface area contributed by atoms with Crippen molar-refractivity contribution in [1.29, 1.82) is 0 Å². The van der Waals surface area contributed by atoms with Gasteiger partial charge in [0.2, 0.25) is 0 Å². The average Bonchev–Trinajstić information content (AvgIpc) is 2.37. The van der Waals surface area contributed by atoms with Crippen LogP contribution in [0.2, 0.25) is 0 Å². The smallest absolute Gasteiger partial charge is 0.310 e. The molecule has 112 valence electrons. The molecule has 20 heavy (non-hydrogen) atoms. The topological polar surface area (TPSA) is 12.0 Å². The molecule has 0 atom stereocenters. The molecule has 1 aromatic rings. The van der Waals surface area contributed by atoms with Gasteiger partial charge >= 0.3 is 6.18 Å². The molecular formula is C15H19BrF3N. The standard InChI is InChI=1S/C15H19BrF3N/c1-10-2-3-11(14(16)8-10)9-20-13-6-4-12(5-7-13)15(17,18)19/h2-3,8,12-13,20H,4-7,9H2,1H3. The van der Waals surface area contributed by atoms with E-state index < -0.39 is 12.1 Å². The predicted molar refractivity (Wildman–Crippen MR) is 77.5 cm³/mol. The summed E-state index contributed by atoms with van der Waals surface area (Å²) < 4.78 is 38.8. The van der Waals surface area contributed by atoms with E-state index in [4.69, 9.17) is 0 Å². The summed E-state index contributed by atoms with van der Waals surface area (Å²) in [5, 5.41) is 3.37. The van der Waals surface area contributed by atoms with Gasteiger partial charge in [-0.15, -0.1) is 0 Å². The Balaban J connectivity index is 1.82. The Hall–Kier alpha value is -0.550. The fraction of sp³-hybridized carbons (Fsp3) is 0.600. The first-order valence-electron chi connectivity index (χ1n) is 6.91. The van der Waals surface area contributed by atoms with E-state index in [1.807, 2.05) is 19.1 Å². The van der Waals surface area contributed by atoms with E-state index in [0.29, 0.717) is 19.4 Å². The Labute approximate surface area is 126 Å². The van der Waals surface area contributed by atoms with Gasteiger partial charge in [0.15, 0.2) is 0 Å². The van der Waals surface area contributed by atoms with Crippen molar-refractivity contribution in [2.75, 3.05) is 0 Å². The average molecular weight is 350 g/mol. The van der Waals surface area contributed by atoms with Crippen molar-refractivity contribution in [2.45, 2.75) is 51.4 Å². The highest BCUT2D eigenvalue weighted by Crippen LogP contribution is 2.37. The molecule has 0 unspecified atom stereocenters. The van der Waals surface area contributed by atoms with Crippen molar-refractivity contribution in [1.82, 2.24) is 5.32 Å². The fourth-order valence-electron chi connectivity index (χ4n) is 2.67. The van der Waals surface area contributed by atoms with Gasteiger partial charge in [0.25, 0.3) is 0 Å². The molecule has 1 saturated carbocycles. The van der Waals surface area contributed by atoms with Gasteiger partial charge in [-0.2, -0.15) is 13.2 Å². The number of aryl methyl sites for hydroxylation is 1. The summed E-state index contributed by atoms with van der Waals surface area (Å²) in [5.74, 6) is -1.10. The van der Waals surface area contributed by atoms with Crippen molar-refractivity contribution in [3.05, 3.63) is 33.8 Å². The summed E-state index contributed by atoms with van der Waals surface area (Å²) in [6.45, 7) is 2.72. The molecule has 1 aliphatic rings. The van der Waals surface area contributed by atoms with Gasteiger partial charge in [-0.25, -0.2) is 0 Å². The molecule has 2 rings (SSSR count). The molecule has 1 N–H and O–H groups in total. The highest BCUT2D eigenvalue weighted by atomic mass is 79.9. The molecule has 1 aliphatic carbocycles. The monoisotopic (exact) mass is 349 g/mol. The van der Waals surface area contributed by atoms with Crippen LogP contribution in [-0.2, 0) is 6.54 Å². The first kappa shape index (κ1) is 15.8. The van der Waals surface area contributed by atoms with E-state index in [1.54, 1.807) is 0 Å². The number of nitrogens with one attached hydrogen (secondary N) is 1. The van der Waals surface area contributed by atoms with Crippen molar-refractivity contribution in [3.8, 4) is 0 Å². The van der Waals surface area contributed by atoms with Gasteiger partial charge in [0.05, 0.1) is 5.92 Å². The molecule has 0 amide bonds. The zero-order valence-electron chi connectivity index (χ0n) is 11.4. The maximum absolute atomic E-state index is 12.6. The molecule has 0 aromatic heterocycles. The molecule has 1 aromatic carbocycles. The molecule has 5 heteroatoms. The van der Waals surface area contributed by atoms with Gasteiger partial charge in [-0.05, 0) is 49.8 Å². The molecule has 0 saturated heterocycles. The van der Waals surface area contributed by atoms with E-state index in [2.05, 4.69) is 27.3 Å². The van der Waals surface area contributed by atoms with Crippen LogP contribution in [0.15, 0.2) is 22.7 Å². The second-order valence-corrected chi connectivity index (χ2v) is 6.42. The van der Waals surface area contributed by atoms with Crippen LogP contribution in [0, 0.1) is 12.8 Å². The molecule has 1 nitrogen and oxygen atoms in total. The summed E-state index contributed by atoms with van der Waals surface area (Å²) >= 11 is 3.52. The minimum atomic E-state index is -4.02. The summed E-state index contributed by atoms with van der Waals surface area (Å²) in [6.07, 6.45) is -2.32. The number of hydrogen-bond donors (Lipinski definition) is 1. The van der Waals surface area contributed by atoms with E-state index >= 15 is 0 Å². The Bertz CT molecular complexity index is 451. The van der Waals surface area contributed by atoms with Crippen LogP contribution >= 0.6 is 15.9 Å². The third-order valence-corrected chi connectivity index (χ3v) is 4.72. The third kappa shape index (κ3) is 4.22. The van der Waals surface area contributed by atoms with Crippen LogP contribution in [0.25, 0.3) is 0 Å². The lowest BCUT2D eigenvalue weighted by atomic mass is 9.85. The Morgan fingerprint density at radius 1 is 1.20 bits per heavy atom. The first-order valence-corrected chi connectivity index (χ1v) is 7.70. The predicted octanol–water partition coefficient (Wildman–Crippen LogP) is 4.97. The number of benzene rings is 1. The van der Waals surface area contributed by atoms with E-state index in [-0.39, 0.29) is 18.9 Å². The highest BCUT2D eigenvalue weighted by molar-refractivity contribution is 9.10. The van der Waals surface area contributed by atoms with Gasteiger partial charge < -0.3 is 5.32 Å². The molecule has 0 heterocycles. The van der Waals surface area contributed by atoms with Crippen molar-refractivity contribution in [3.63, 3.8) is 0 Å². The SMILES string of the molecule is Cc1ccc(CNC2CCC(C(F)(F)F)CC2)c(Br)c1. The Morgan fingerprint density at radius 3 is 2.40 bits per heavy atom. The lowest BCUT2D eigenvalue weighted by molar-refractivity contribution is -0.182. The normalized spacial score (nSPS) is 23.9. The summed E-state index contributed by atoms with van der Waals surface area (Å²) in [7, 11) is 0. The zero-order chi connectivity index (χ0) is 14.8. The van der Waals surface area contributed by atoms with Gasteiger partial charge in [0, 0.05) is 17.1 Å². The third-order valence-electron chi connectivity index (χ3n) is 3.98. The van der Waals surface area contributed by atoms with Crippen LogP contribution in [0.5, 0.6) is 0 Å². The zero-order valence-corrected chi connectivity index (χ0v) is 13.0. The summed E-state index contributed by atoms with van der Waals surface area (Å²) in [4.78, 5) is 0. The van der Waals surface area contributed by atoms with Crippen LogP contribution < -0.4 is 5.32 Å². The van der Waals surface area contributed by atoms with Crippen molar-refractivity contribution >= 4 is 15.9 Å². The van der Waals surface area contributed by atoms with Crippen molar-refractivity contribution < 1.29 is 13.2 Å². The second kappa shape index (κ2) is 6.48. The highest BCUT2D eigenvalue weighted by Gasteiger charge is 2.41. The van der Waals surface area contributed by atoms with Gasteiger partial charge in [-0.1, -0.05) is 28.1 Å². The van der Waals surface area contributed by atoms with Crippen molar-refractivity contribution in [2.24, 2.45) is 5.92 Å². The number of hydrogen-bond acceptors (Lipinski definition) is 1. The first-order chi connectivity index (χ1) is 9.36.